The monoisotopic (exact) mass is 447 g/mol. The maximum Gasteiger partial charge on any atom is 0.333 e. The van der Waals surface area contributed by atoms with E-state index in [-0.39, 0.29) is 46.0 Å². The van der Waals surface area contributed by atoms with Crippen LogP contribution in [0.2, 0.25) is 0 Å². The summed E-state index contributed by atoms with van der Waals surface area (Å²) in [5.41, 5.74) is 8.16. The quantitative estimate of drug-likeness (QED) is 0.310. The lowest BCUT2D eigenvalue weighted by Crippen LogP contribution is -2.26. The average Bonchev–Trinajstić information content (AvgIpc) is 2.78. The van der Waals surface area contributed by atoms with Crippen molar-refractivity contribution in [3.63, 3.8) is 0 Å². The zero-order valence-electron chi connectivity index (χ0n) is 18.6. The van der Waals surface area contributed by atoms with E-state index in [1.807, 2.05) is 11.9 Å². The minimum Gasteiger partial charge on any atom is -0.461 e. The molecule has 1 aliphatic carbocycles. The molecule has 0 radical (unpaired) electrons. The zero-order chi connectivity index (χ0) is 24.3. The molecule has 8 nitrogen and oxygen atoms in total. The Morgan fingerprint density at radius 1 is 1.12 bits per heavy atom. The third-order valence-electron chi connectivity index (χ3n) is 5.22. The number of anilines is 2. The molecular weight excluding hydrogens is 422 g/mol. The van der Waals surface area contributed by atoms with Crippen molar-refractivity contribution in [2.75, 3.05) is 31.2 Å². The van der Waals surface area contributed by atoms with Crippen LogP contribution in [-0.4, -0.2) is 48.5 Å². The second kappa shape index (κ2) is 9.62. The lowest BCUT2D eigenvalue weighted by atomic mass is 9.81. The molecule has 33 heavy (non-hydrogen) atoms. The van der Waals surface area contributed by atoms with E-state index in [9.17, 15) is 19.2 Å². The molecule has 1 aliphatic rings. The second-order valence-electron chi connectivity index (χ2n) is 7.84. The van der Waals surface area contributed by atoms with Gasteiger partial charge in [-0.15, -0.1) is 0 Å². The van der Waals surface area contributed by atoms with Crippen molar-refractivity contribution in [3.8, 4) is 0 Å². The Labute approximate surface area is 191 Å². The van der Waals surface area contributed by atoms with E-state index in [0.717, 1.165) is 11.6 Å². The molecule has 3 rings (SSSR count). The summed E-state index contributed by atoms with van der Waals surface area (Å²) in [4.78, 5) is 51.8. The first kappa shape index (κ1) is 23.6. The van der Waals surface area contributed by atoms with Gasteiger partial charge in [0, 0.05) is 35.5 Å². The molecule has 1 amide bonds. The molecule has 2 aromatic carbocycles. The van der Waals surface area contributed by atoms with Gasteiger partial charge in [-0.3, -0.25) is 19.3 Å². The van der Waals surface area contributed by atoms with Crippen molar-refractivity contribution in [3.05, 3.63) is 83.0 Å². The number of carbonyl (C=O) groups is 4. The highest BCUT2D eigenvalue weighted by Gasteiger charge is 2.34. The first-order chi connectivity index (χ1) is 15.6. The van der Waals surface area contributed by atoms with Crippen LogP contribution < -0.4 is 11.1 Å². The highest BCUT2D eigenvalue weighted by Crippen LogP contribution is 2.35. The average molecular weight is 447 g/mol. The van der Waals surface area contributed by atoms with Crippen LogP contribution in [0.3, 0.4) is 0 Å². The van der Waals surface area contributed by atoms with E-state index in [1.54, 1.807) is 25.1 Å². The van der Waals surface area contributed by atoms with Crippen LogP contribution in [0.5, 0.6) is 0 Å². The van der Waals surface area contributed by atoms with Gasteiger partial charge in [0.05, 0.1) is 16.8 Å². The number of hydrogen-bond acceptors (Lipinski definition) is 7. The van der Waals surface area contributed by atoms with Crippen molar-refractivity contribution in [1.29, 1.82) is 0 Å². The number of rotatable bonds is 8. The number of esters is 1. The fourth-order valence-electron chi connectivity index (χ4n) is 3.54. The van der Waals surface area contributed by atoms with E-state index < -0.39 is 17.7 Å². The number of hydrogen-bond donors (Lipinski definition) is 2. The lowest BCUT2D eigenvalue weighted by molar-refractivity contribution is -0.139. The summed E-state index contributed by atoms with van der Waals surface area (Å²) in [7, 11) is 1.85. The molecule has 170 valence electrons. The summed E-state index contributed by atoms with van der Waals surface area (Å²) >= 11 is 0. The molecule has 0 atom stereocenters. The molecule has 0 unspecified atom stereocenters. The third kappa shape index (κ3) is 4.91. The topological polar surface area (TPSA) is 119 Å². The Morgan fingerprint density at radius 2 is 1.82 bits per heavy atom. The first-order valence-corrected chi connectivity index (χ1v) is 10.2. The van der Waals surface area contributed by atoms with Gasteiger partial charge < -0.3 is 15.8 Å². The minimum atomic E-state index is -0.504. The number of carbonyl (C=O) groups excluding carboxylic acids is 4. The summed E-state index contributed by atoms with van der Waals surface area (Å²) in [6.07, 6.45) is 1.08. The van der Waals surface area contributed by atoms with Crippen LogP contribution in [0.4, 0.5) is 11.4 Å². The number of nitrogens with two attached hydrogens (primary N) is 1. The van der Waals surface area contributed by atoms with Crippen LogP contribution in [0.15, 0.2) is 55.1 Å². The summed E-state index contributed by atoms with van der Waals surface area (Å²) in [6.45, 7) is 9.66. The minimum absolute atomic E-state index is 0.0694. The summed E-state index contributed by atoms with van der Waals surface area (Å²) in [5.74, 6) is -1.72. The zero-order valence-corrected chi connectivity index (χ0v) is 18.6. The Balaban J connectivity index is 1.86. The maximum absolute atomic E-state index is 13.4. The van der Waals surface area contributed by atoms with Gasteiger partial charge in [-0.2, -0.15) is 0 Å². The number of benzene rings is 2. The van der Waals surface area contributed by atoms with E-state index in [1.165, 1.54) is 12.1 Å². The molecule has 0 fully saturated rings. The number of likely N-dealkylation sites (N-methyl/N-ethyl adjacent to an activating group) is 1. The molecule has 0 saturated carbocycles. The van der Waals surface area contributed by atoms with Crippen LogP contribution >= 0.6 is 0 Å². The molecular formula is C25H25N3O5. The van der Waals surface area contributed by atoms with E-state index in [4.69, 9.17) is 10.5 Å². The fraction of sp³-hybridized carbons (Fsp3) is 0.200. The number of ether oxygens (including phenoxy) is 1. The predicted octanol–water partition coefficient (Wildman–Crippen LogP) is 2.72. The Hall–Kier alpha value is -4.04. The van der Waals surface area contributed by atoms with Crippen LogP contribution in [-0.2, 0) is 20.9 Å². The summed E-state index contributed by atoms with van der Waals surface area (Å²) in [6, 6.07) is 8.02. The maximum atomic E-state index is 13.4. The van der Waals surface area contributed by atoms with Gasteiger partial charge in [0.2, 0.25) is 5.91 Å². The van der Waals surface area contributed by atoms with Crippen LogP contribution in [0, 0.1) is 0 Å². The molecule has 0 bridgehead atoms. The van der Waals surface area contributed by atoms with Gasteiger partial charge in [0.1, 0.15) is 6.61 Å². The lowest BCUT2D eigenvalue weighted by Gasteiger charge is -2.23. The van der Waals surface area contributed by atoms with E-state index in [2.05, 4.69) is 18.5 Å². The normalized spacial score (nSPS) is 12.1. The van der Waals surface area contributed by atoms with Gasteiger partial charge in [0.25, 0.3) is 0 Å². The standard InChI is InChI=1S/C25H25N3O5/c1-5-20(29)27-19-9-8-18(26)21-22(19)24(31)17-12-15(6-7-16(17)23(21)30)13-28(4)10-11-33-25(32)14(2)3/h5-9,12H,1-2,10-11,13,26H2,3-4H3,(H,27,29). The molecule has 0 spiro atoms. The predicted molar refractivity (Wildman–Crippen MR) is 125 cm³/mol. The molecule has 0 saturated heterocycles. The first-order valence-electron chi connectivity index (χ1n) is 10.2. The van der Waals surface area contributed by atoms with Gasteiger partial charge in [-0.05, 0) is 49.9 Å². The number of nitrogens with one attached hydrogen (secondary N) is 1. The third-order valence-corrected chi connectivity index (χ3v) is 5.22. The Kier molecular flexibility index (Phi) is 6.89. The molecule has 8 heteroatoms. The number of fused-ring (bicyclic) bond motifs is 2. The number of amides is 1. The molecule has 3 N–H and O–H groups in total. The van der Waals surface area contributed by atoms with E-state index in [0.29, 0.717) is 18.7 Å². The van der Waals surface area contributed by atoms with Crippen molar-refractivity contribution >= 4 is 34.8 Å². The Morgan fingerprint density at radius 3 is 2.48 bits per heavy atom. The number of nitrogens with zero attached hydrogens (tertiary/aromatic N) is 1. The van der Waals surface area contributed by atoms with E-state index >= 15 is 0 Å². The highest BCUT2D eigenvalue weighted by atomic mass is 16.5. The van der Waals surface area contributed by atoms with Gasteiger partial charge in [-0.1, -0.05) is 19.2 Å². The Bertz CT molecular complexity index is 1200. The van der Waals surface area contributed by atoms with Crippen molar-refractivity contribution in [2.45, 2.75) is 13.5 Å². The molecule has 2 aromatic rings. The van der Waals surface area contributed by atoms with Crippen molar-refractivity contribution in [1.82, 2.24) is 4.90 Å². The number of ketones is 2. The van der Waals surface area contributed by atoms with Gasteiger partial charge in [-0.25, -0.2) is 4.79 Å². The van der Waals surface area contributed by atoms with Gasteiger partial charge >= 0.3 is 5.97 Å². The second-order valence-corrected chi connectivity index (χ2v) is 7.84. The number of nitrogen functional groups attached to an aromatic ring is 1. The largest absolute Gasteiger partial charge is 0.461 e. The van der Waals surface area contributed by atoms with Crippen LogP contribution in [0.1, 0.15) is 44.3 Å². The van der Waals surface area contributed by atoms with Crippen LogP contribution in [0.25, 0.3) is 0 Å². The summed E-state index contributed by atoms with van der Waals surface area (Å²) < 4.78 is 5.11. The van der Waals surface area contributed by atoms with Crippen molar-refractivity contribution < 1.29 is 23.9 Å². The van der Waals surface area contributed by atoms with Crippen molar-refractivity contribution in [2.24, 2.45) is 0 Å². The SMILES string of the molecule is C=CC(=O)Nc1ccc(N)c2c1C(=O)c1cc(CN(C)CCOC(=O)C(=C)C)ccc1C2=O. The molecule has 0 heterocycles. The summed E-state index contributed by atoms with van der Waals surface area (Å²) in [5, 5.41) is 2.57. The highest BCUT2D eigenvalue weighted by molar-refractivity contribution is 6.32. The van der Waals surface area contributed by atoms with Gasteiger partial charge in [0.15, 0.2) is 11.6 Å². The molecule has 0 aromatic heterocycles. The molecule has 0 aliphatic heterocycles. The fourth-order valence-corrected chi connectivity index (χ4v) is 3.54. The smallest absolute Gasteiger partial charge is 0.333 e.